The minimum atomic E-state index is 0.668. The Labute approximate surface area is 118 Å². The van der Waals surface area contributed by atoms with E-state index in [0.717, 1.165) is 36.7 Å². The summed E-state index contributed by atoms with van der Waals surface area (Å²) < 4.78 is 0. The van der Waals surface area contributed by atoms with Crippen molar-refractivity contribution in [3.05, 3.63) is 41.7 Å². The monoisotopic (exact) mass is 276 g/mol. The van der Waals surface area contributed by atoms with Gasteiger partial charge in [0.15, 0.2) is 0 Å². The third-order valence-electron chi connectivity index (χ3n) is 2.64. The summed E-state index contributed by atoms with van der Waals surface area (Å²) in [5.41, 5.74) is 0.836. The van der Waals surface area contributed by atoms with Crippen molar-refractivity contribution in [1.29, 1.82) is 0 Å². The quantitative estimate of drug-likeness (QED) is 0.781. The number of nitrogens with one attached hydrogen (secondary N) is 2. The van der Waals surface area contributed by atoms with Crippen LogP contribution in [-0.4, -0.2) is 16.5 Å². The van der Waals surface area contributed by atoms with Crippen molar-refractivity contribution in [3.8, 4) is 0 Å². The van der Waals surface area contributed by atoms with Crippen LogP contribution < -0.4 is 10.6 Å². The molecule has 2 N–H and O–H groups in total. The molecule has 0 aliphatic rings. The summed E-state index contributed by atoms with van der Waals surface area (Å²) >= 11 is 6.09. The van der Waals surface area contributed by atoms with Crippen LogP contribution in [0.5, 0.6) is 0 Å². The van der Waals surface area contributed by atoms with Gasteiger partial charge in [0.1, 0.15) is 18.0 Å². The molecule has 19 heavy (non-hydrogen) atoms. The first-order chi connectivity index (χ1) is 9.29. The molecule has 2 rings (SSSR count). The van der Waals surface area contributed by atoms with E-state index in [4.69, 9.17) is 11.6 Å². The Morgan fingerprint density at radius 2 is 1.95 bits per heavy atom. The number of anilines is 3. The van der Waals surface area contributed by atoms with Crippen LogP contribution in [0.2, 0.25) is 5.02 Å². The van der Waals surface area contributed by atoms with Crippen molar-refractivity contribution in [2.75, 3.05) is 17.2 Å². The molecule has 0 atom stereocenters. The number of hydrogen-bond acceptors (Lipinski definition) is 4. The molecule has 0 aliphatic carbocycles. The molecule has 0 saturated carbocycles. The van der Waals surface area contributed by atoms with Gasteiger partial charge < -0.3 is 10.6 Å². The van der Waals surface area contributed by atoms with Crippen LogP contribution in [0.15, 0.2) is 36.7 Å². The average molecular weight is 277 g/mol. The zero-order chi connectivity index (χ0) is 13.5. The number of para-hydroxylation sites is 1. The molecule has 0 radical (unpaired) electrons. The van der Waals surface area contributed by atoms with E-state index >= 15 is 0 Å². The second-order valence-corrected chi connectivity index (χ2v) is 4.58. The van der Waals surface area contributed by atoms with Gasteiger partial charge in [-0.05, 0) is 18.6 Å². The van der Waals surface area contributed by atoms with Gasteiger partial charge in [0, 0.05) is 12.6 Å². The number of hydrogen-bond donors (Lipinski definition) is 2. The SMILES string of the molecule is CCCCNc1cc(Nc2ccccc2Cl)ncn1. The fourth-order valence-corrected chi connectivity index (χ4v) is 1.80. The van der Waals surface area contributed by atoms with Crippen LogP contribution >= 0.6 is 11.6 Å². The molecule has 0 amide bonds. The highest BCUT2D eigenvalue weighted by molar-refractivity contribution is 6.33. The summed E-state index contributed by atoms with van der Waals surface area (Å²) in [4.78, 5) is 8.36. The molecule has 1 aromatic heterocycles. The van der Waals surface area contributed by atoms with E-state index < -0.39 is 0 Å². The van der Waals surface area contributed by atoms with Crippen molar-refractivity contribution in [1.82, 2.24) is 9.97 Å². The van der Waals surface area contributed by atoms with Gasteiger partial charge in [0.05, 0.1) is 10.7 Å². The van der Waals surface area contributed by atoms with Crippen molar-refractivity contribution >= 4 is 28.9 Å². The van der Waals surface area contributed by atoms with Gasteiger partial charge in [-0.25, -0.2) is 9.97 Å². The van der Waals surface area contributed by atoms with Gasteiger partial charge in [-0.1, -0.05) is 37.1 Å². The molecular weight excluding hydrogens is 260 g/mol. The second-order valence-electron chi connectivity index (χ2n) is 4.17. The maximum atomic E-state index is 6.09. The van der Waals surface area contributed by atoms with E-state index in [1.54, 1.807) is 0 Å². The maximum absolute atomic E-state index is 6.09. The Balaban J connectivity index is 2.05. The van der Waals surface area contributed by atoms with Crippen LogP contribution in [0.4, 0.5) is 17.3 Å². The lowest BCUT2D eigenvalue weighted by molar-refractivity contribution is 0.830. The number of nitrogens with zero attached hydrogens (tertiary/aromatic N) is 2. The van der Waals surface area contributed by atoms with E-state index in [1.807, 2.05) is 30.3 Å². The van der Waals surface area contributed by atoms with Crippen molar-refractivity contribution < 1.29 is 0 Å². The largest absolute Gasteiger partial charge is 0.370 e. The fourth-order valence-electron chi connectivity index (χ4n) is 1.62. The maximum Gasteiger partial charge on any atom is 0.135 e. The minimum Gasteiger partial charge on any atom is -0.370 e. The summed E-state index contributed by atoms with van der Waals surface area (Å²) in [6.45, 7) is 3.07. The van der Waals surface area contributed by atoms with E-state index in [1.165, 1.54) is 6.33 Å². The van der Waals surface area contributed by atoms with E-state index in [2.05, 4.69) is 27.5 Å². The highest BCUT2D eigenvalue weighted by Gasteiger charge is 2.02. The highest BCUT2D eigenvalue weighted by atomic mass is 35.5. The average Bonchev–Trinajstić information content (AvgIpc) is 2.42. The number of rotatable bonds is 6. The first kappa shape index (κ1) is 13.6. The van der Waals surface area contributed by atoms with Gasteiger partial charge in [-0.15, -0.1) is 0 Å². The van der Waals surface area contributed by atoms with Crippen molar-refractivity contribution in [2.45, 2.75) is 19.8 Å². The molecule has 1 aromatic carbocycles. The summed E-state index contributed by atoms with van der Waals surface area (Å²) in [5.74, 6) is 1.54. The third-order valence-corrected chi connectivity index (χ3v) is 2.97. The molecule has 0 fully saturated rings. The Bertz CT molecular complexity index is 530. The van der Waals surface area contributed by atoms with Gasteiger partial charge in [0.25, 0.3) is 0 Å². The molecule has 0 saturated heterocycles. The van der Waals surface area contributed by atoms with Gasteiger partial charge >= 0.3 is 0 Å². The van der Waals surface area contributed by atoms with Crippen LogP contribution in [0.1, 0.15) is 19.8 Å². The summed E-state index contributed by atoms with van der Waals surface area (Å²) in [6, 6.07) is 9.44. The van der Waals surface area contributed by atoms with Crippen LogP contribution in [-0.2, 0) is 0 Å². The van der Waals surface area contributed by atoms with Gasteiger partial charge in [0.2, 0.25) is 0 Å². The smallest absolute Gasteiger partial charge is 0.135 e. The van der Waals surface area contributed by atoms with Crippen LogP contribution in [0.25, 0.3) is 0 Å². The van der Waals surface area contributed by atoms with E-state index in [0.29, 0.717) is 5.02 Å². The zero-order valence-electron chi connectivity index (χ0n) is 10.9. The first-order valence-electron chi connectivity index (χ1n) is 6.37. The number of unbranched alkanes of at least 4 members (excludes halogenated alkanes) is 1. The first-order valence-corrected chi connectivity index (χ1v) is 6.75. The molecule has 1 heterocycles. The molecule has 4 nitrogen and oxygen atoms in total. The van der Waals surface area contributed by atoms with Crippen molar-refractivity contribution in [3.63, 3.8) is 0 Å². The predicted molar refractivity (Wildman–Crippen MR) is 80.2 cm³/mol. The number of benzene rings is 1. The minimum absolute atomic E-state index is 0.668. The van der Waals surface area contributed by atoms with Crippen LogP contribution in [0.3, 0.4) is 0 Å². The van der Waals surface area contributed by atoms with Gasteiger partial charge in [-0.2, -0.15) is 0 Å². The summed E-state index contributed by atoms with van der Waals surface area (Å²) in [6.07, 6.45) is 3.81. The Morgan fingerprint density at radius 3 is 2.74 bits per heavy atom. The highest BCUT2D eigenvalue weighted by Crippen LogP contribution is 2.24. The normalized spacial score (nSPS) is 10.2. The Kier molecular flexibility index (Phi) is 4.98. The lowest BCUT2D eigenvalue weighted by Gasteiger charge is -2.09. The number of aromatic nitrogens is 2. The zero-order valence-corrected chi connectivity index (χ0v) is 11.6. The van der Waals surface area contributed by atoms with Gasteiger partial charge in [-0.3, -0.25) is 0 Å². The molecule has 0 aliphatic heterocycles. The molecular formula is C14H17ClN4. The second kappa shape index (κ2) is 6.95. The molecule has 0 bridgehead atoms. The third kappa shape index (κ3) is 4.10. The standard InChI is InChI=1S/C14H17ClN4/c1-2-3-8-16-13-9-14(18-10-17-13)19-12-7-5-4-6-11(12)15/h4-7,9-10H,2-3,8H2,1H3,(H2,16,17,18,19). The topological polar surface area (TPSA) is 49.8 Å². The number of halogens is 1. The molecule has 0 unspecified atom stereocenters. The molecule has 2 aromatic rings. The van der Waals surface area contributed by atoms with E-state index in [9.17, 15) is 0 Å². The fraction of sp³-hybridized carbons (Fsp3) is 0.286. The van der Waals surface area contributed by atoms with Crippen LogP contribution in [0, 0.1) is 0 Å². The molecule has 0 spiro atoms. The molecule has 5 heteroatoms. The predicted octanol–water partition coefficient (Wildman–Crippen LogP) is 4.09. The van der Waals surface area contributed by atoms with Crippen molar-refractivity contribution in [2.24, 2.45) is 0 Å². The Morgan fingerprint density at radius 1 is 1.16 bits per heavy atom. The summed E-state index contributed by atoms with van der Waals surface area (Å²) in [7, 11) is 0. The Hall–Kier alpha value is -1.81. The van der Waals surface area contributed by atoms with E-state index in [-0.39, 0.29) is 0 Å². The lowest BCUT2D eigenvalue weighted by Crippen LogP contribution is -2.04. The lowest BCUT2D eigenvalue weighted by atomic mass is 10.3. The summed E-state index contributed by atoms with van der Waals surface area (Å²) in [5, 5.41) is 7.11. The molecule has 100 valence electrons.